The Morgan fingerprint density at radius 2 is 1.97 bits per heavy atom. The van der Waals surface area contributed by atoms with Crippen LogP contribution in [0.25, 0.3) is 0 Å². The van der Waals surface area contributed by atoms with Gasteiger partial charge in [0, 0.05) is 43.0 Å². The summed E-state index contributed by atoms with van der Waals surface area (Å²) in [5, 5.41) is 11.3. The highest BCUT2D eigenvalue weighted by atomic mass is 35.5. The molecule has 2 aromatic carbocycles. The molecule has 0 aromatic heterocycles. The Balaban J connectivity index is 1.86. The number of aliphatic imine (C=N–C) groups is 1. The number of hydrogen-bond acceptors (Lipinski definition) is 6. The first-order valence-electron chi connectivity index (χ1n) is 8.55. The number of urea groups is 1. The highest BCUT2D eigenvalue weighted by molar-refractivity contribution is 6.33. The van der Waals surface area contributed by atoms with E-state index in [0.717, 1.165) is 4.90 Å². The third-order valence-corrected chi connectivity index (χ3v) is 4.75. The zero-order valence-corrected chi connectivity index (χ0v) is 16.4. The molecule has 9 nitrogen and oxygen atoms in total. The monoisotopic (exact) mass is 416 g/mol. The molecule has 1 atom stereocenters. The standard InChI is InChI=1S/C19H17ClN4O5/c1-22-17(25)10-18(23(2)19(22)26)29-16-6-4-3-5-15(16)21-11-12-9-13(24(27)28)7-8-14(12)20/h3-9,11,18H,10H2,1-2H3. The van der Waals surface area contributed by atoms with E-state index in [1.807, 2.05) is 0 Å². The fraction of sp³-hybridized carbons (Fsp3) is 0.211. The third kappa shape index (κ3) is 4.35. The number of benzene rings is 2. The van der Waals surface area contributed by atoms with Gasteiger partial charge in [-0.3, -0.25) is 29.7 Å². The number of carbonyl (C=O) groups excluding carboxylic acids is 2. The summed E-state index contributed by atoms with van der Waals surface area (Å²) in [6.45, 7) is 0. The molecule has 1 saturated heterocycles. The lowest BCUT2D eigenvalue weighted by Crippen LogP contribution is -2.55. The van der Waals surface area contributed by atoms with Crippen molar-refractivity contribution in [3.63, 3.8) is 0 Å². The molecule has 1 fully saturated rings. The van der Waals surface area contributed by atoms with Gasteiger partial charge in [-0.25, -0.2) is 4.79 Å². The second kappa shape index (κ2) is 8.27. The maximum atomic E-state index is 12.1. The van der Waals surface area contributed by atoms with Gasteiger partial charge in [-0.15, -0.1) is 0 Å². The third-order valence-electron chi connectivity index (χ3n) is 4.41. The summed E-state index contributed by atoms with van der Waals surface area (Å²) in [7, 11) is 2.96. The fourth-order valence-electron chi connectivity index (χ4n) is 2.70. The second-order valence-corrected chi connectivity index (χ2v) is 6.72. The number of nitro benzene ring substituents is 1. The number of imide groups is 1. The van der Waals surface area contributed by atoms with E-state index in [-0.39, 0.29) is 18.0 Å². The Kier molecular flexibility index (Phi) is 5.79. The molecule has 1 unspecified atom stereocenters. The van der Waals surface area contributed by atoms with Crippen LogP contribution in [0.1, 0.15) is 12.0 Å². The molecule has 29 heavy (non-hydrogen) atoms. The predicted molar refractivity (Wildman–Crippen MR) is 107 cm³/mol. The molecule has 3 amide bonds. The van der Waals surface area contributed by atoms with Gasteiger partial charge in [0.15, 0.2) is 6.23 Å². The maximum absolute atomic E-state index is 12.1. The van der Waals surface area contributed by atoms with E-state index in [2.05, 4.69) is 4.99 Å². The molecule has 1 aliphatic heterocycles. The van der Waals surface area contributed by atoms with Crippen molar-refractivity contribution in [1.29, 1.82) is 0 Å². The molecule has 0 bridgehead atoms. The Bertz CT molecular complexity index is 1010. The van der Waals surface area contributed by atoms with Crippen LogP contribution in [0.5, 0.6) is 5.75 Å². The predicted octanol–water partition coefficient (Wildman–Crippen LogP) is 3.62. The van der Waals surface area contributed by atoms with Crippen LogP contribution in [0, 0.1) is 10.1 Å². The van der Waals surface area contributed by atoms with Crippen LogP contribution in [-0.2, 0) is 4.79 Å². The molecule has 0 N–H and O–H groups in total. The van der Waals surface area contributed by atoms with Gasteiger partial charge in [-0.05, 0) is 18.2 Å². The second-order valence-electron chi connectivity index (χ2n) is 6.31. The minimum atomic E-state index is -0.774. The Labute approximate surface area is 171 Å². The molecule has 0 spiro atoms. The van der Waals surface area contributed by atoms with E-state index in [9.17, 15) is 19.7 Å². The Morgan fingerprint density at radius 3 is 2.69 bits per heavy atom. The summed E-state index contributed by atoms with van der Waals surface area (Å²) in [5.74, 6) is 0.00904. The normalized spacial score (nSPS) is 17.1. The number of nitrogens with zero attached hydrogens (tertiary/aromatic N) is 4. The lowest BCUT2D eigenvalue weighted by Gasteiger charge is -2.36. The quantitative estimate of drug-likeness (QED) is 0.420. The largest absolute Gasteiger partial charge is 0.468 e. The fourth-order valence-corrected chi connectivity index (χ4v) is 2.87. The number of para-hydroxylation sites is 2. The van der Waals surface area contributed by atoms with Gasteiger partial charge in [-0.1, -0.05) is 23.7 Å². The highest BCUT2D eigenvalue weighted by Crippen LogP contribution is 2.30. The van der Waals surface area contributed by atoms with Gasteiger partial charge < -0.3 is 4.74 Å². The van der Waals surface area contributed by atoms with Crippen LogP contribution in [-0.4, -0.2) is 53.2 Å². The van der Waals surface area contributed by atoms with Crippen LogP contribution in [0.4, 0.5) is 16.2 Å². The number of nitro groups is 1. The zero-order chi connectivity index (χ0) is 21.1. The SMILES string of the molecule is CN1C(=O)CC(Oc2ccccc2N=Cc2cc([N+](=O)[O-])ccc2Cl)N(C)C1=O. The average Bonchev–Trinajstić information content (AvgIpc) is 2.70. The molecule has 3 rings (SSSR count). The van der Waals surface area contributed by atoms with Crippen LogP contribution in [0.3, 0.4) is 0 Å². The molecule has 150 valence electrons. The zero-order valence-electron chi connectivity index (χ0n) is 15.6. The van der Waals surface area contributed by atoms with Gasteiger partial charge in [0.1, 0.15) is 11.4 Å². The van der Waals surface area contributed by atoms with Gasteiger partial charge in [-0.2, -0.15) is 0 Å². The van der Waals surface area contributed by atoms with Crippen molar-refractivity contribution in [3.8, 4) is 5.75 Å². The minimum Gasteiger partial charge on any atom is -0.468 e. The van der Waals surface area contributed by atoms with E-state index in [4.69, 9.17) is 16.3 Å². The van der Waals surface area contributed by atoms with E-state index in [1.165, 1.54) is 36.4 Å². The summed E-state index contributed by atoms with van der Waals surface area (Å²) < 4.78 is 5.87. The number of amides is 3. The molecule has 1 aliphatic rings. The van der Waals surface area contributed by atoms with Crippen molar-refractivity contribution in [1.82, 2.24) is 9.80 Å². The number of halogens is 1. The lowest BCUT2D eigenvalue weighted by molar-refractivity contribution is -0.384. The number of non-ortho nitro benzene ring substituents is 1. The van der Waals surface area contributed by atoms with Crippen molar-refractivity contribution < 1.29 is 19.2 Å². The summed E-state index contributed by atoms with van der Waals surface area (Å²) in [4.78, 5) is 41.2. The number of hydrogen-bond donors (Lipinski definition) is 0. The van der Waals surface area contributed by atoms with Gasteiger partial charge in [0.05, 0.1) is 11.3 Å². The first-order valence-corrected chi connectivity index (χ1v) is 8.92. The van der Waals surface area contributed by atoms with Gasteiger partial charge >= 0.3 is 6.03 Å². The summed E-state index contributed by atoms with van der Waals surface area (Å²) in [6, 6.07) is 10.4. The van der Waals surface area contributed by atoms with E-state index < -0.39 is 17.2 Å². The molecule has 0 aliphatic carbocycles. The van der Waals surface area contributed by atoms with Crippen molar-refractivity contribution >= 4 is 41.1 Å². The van der Waals surface area contributed by atoms with Crippen molar-refractivity contribution in [2.24, 2.45) is 4.99 Å². The summed E-state index contributed by atoms with van der Waals surface area (Å²) in [5.41, 5.74) is 0.685. The molecular formula is C19H17ClN4O5. The molecule has 2 aromatic rings. The maximum Gasteiger partial charge on any atom is 0.329 e. The molecule has 0 radical (unpaired) electrons. The van der Waals surface area contributed by atoms with Crippen LogP contribution >= 0.6 is 11.6 Å². The van der Waals surface area contributed by atoms with Gasteiger partial charge in [0.2, 0.25) is 5.91 Å². The lowest BCUT2D eigenvalue weighted by atomic mass is 10.2. The van der Waals surface area contributed by atoms with E-state index >= 15 is 0 Å². The molecule has 10 heteroatoms. The Morgan fingerprint density at radius 1 is 1.24 bits per heavy atom. The molecule has 1 heterocycles. The van der Waals surface area contributed by atoms with Crippen LogP contribution in [0.2, 0.25) is 5.02 Å². The van der Waals surface area contributed by atoms with Crippen molar-refractivity contribution in [2.45, 2.75) is 12.6 Å². The van der Waals surface area contributed by atoms with Gasteiger partial charge in [0.25, 0.3) is 5.69 Å². The minimum absolute atomic E-state index is 0.00744. The molecule has 0 saturated carbocycles. The first kappa shape index (κ1) is 20.3. The average molecular weight is 417 g/mol. The van der Waals surface area contributed by atoms with Crippen molar-refractivity contribution in [3.05, 3.63) is 63.2 Å². The summed E-state index contributed by atoms with van der Waals surface area (Å²) >= 11 is 6.10. The number of ether oxygens (including phenoxy) is 1. The number of rotatable bonds is 5. The van der Waals surface area contributed by atoms with Crippen LogP contribution < -0.4 is 4.74 Å². The Hall–Kier alpha value is -3.46. The van der Waals surface area contributed by atoms with Crippen LogP contribution in [0.15, 0.2) is 47.5 Å². The topological polar surface area (TPSA) is 105 Å². The van der Waals surface area contributed by atoms with E-state index in [1.54, 1.807) is 31.3 Å². The smallest absolute Gasteiger partial charge is 0.329 e. The summed E-state index contributed by atoms with van der Waals surface area (Å²) in [6.07, 6.45) is 0.628. The highest BCUT2D eigenvalue weighted by Gasteiger charge is 2.35. The first-order chi connectivity index (χ1) is 13.8. The van der Waals surface area contributed by atoms with Crippen molar-refractivity contribution in [2.75, 3.05) is 14.1 Å². The number of carbonyl (C=O) groups is 2. The molecular weight excluding hydrogens is 400 g/mol. The van der Waals surface area contributed by atoms with E-state index in [0.29, 0.717) is 22.0 Å².